The molecule has 0 unspecified atom stereocenters. The van der Waals surface area contributed by atoms with Gasteiger partial charge in [-0.05, 0) is 23.3 Å². The molecular formula is C22H40ClNO11S2. The number of thiol groups is 2. The van der Waals surface area contributed by atoms with Crippen molar-refractivity contribution in [2.45, 2.75) is 60.3 Å². The minimum absolute atomic E-state index is 0. The quantitative estimate of drug-likeness (QED) is 0.0748. The lowest BCUT2D eigenvalue weighted by atomic mass is 10.0. The van der Waals surface area contributed by atoms with E-state index in [1.165, 1.54) is 4.90 Å². The lowest BCUT2D eigenvalue weighted by Gasteiger charge is -2.33. The van der Waals surface area contributed by atoms with E-state index in [0.29, 0.717) is 17.3 Å². The summed E-state index contributed by atoms with van der Waals surface area (Å²) in [6, 6.07) is 5.37. The summed E-state index contributed by atoms with van der Waals surface area (Å²) in [6.07, 6.45) is -14.1. The van der Waals surface area contributed by atoms with Gasteiger partial charge in [0.2, 0.25) is 0 Å². The first kappa shape index (κ1) is 36.6. The summed E-state index contributed by atoms with van der Waals surface area (Å²) in [5, 5.41) is 97.7. The smallest absolute Gasteiger partial charge is 0.119 e. The number of ether oxygens (including phenoxy) is 1. The van der Waals surface area contributed by atoms with Crippen molar-refractivity contribution in [3.05, 3.63) is 29.3 Å². The number of aliphatic hydroxyl groups is 10. The molecule has 218 valence electrons. The Balaban J connectivity index is 0.0000130. The van der Waals surface area contributed by atoms with E-state index in [1.54, 1.807) is 12.1 Å². The Labute approximate surface area is 233 Å². The van der Waals surface area contributed by atoms with Crippen molar-refractivity contribution in [2.24, 2.45) is 0 Å². The van der Waals surface area contributed by atoms with E-state index < -0.39 is 62.0 Å². The van der Waals surface area contributed by atoms with Crippen LogP contribution >= 0.6 is 37.7 Å². The van der Waals surface area contributed by atoms with E-state index in [0.717, 1.165) is 11.1 Å². The predicted molar refractivity (Wildman–Crippen MR) is 143 cm³/mol. The molecule has 0 spiro atoms. The average molecular weight is 594 g/mol. The van der Waals surface area contributed by atoms with Crippen LogP contribution < -0.4 is 4.74 Å². The third-order valence-electron chi connectivity index (χ3n) is 5.74. The molecule has 0 saturated carbocycles. The Morgan fingerprint density at radius 3 is 1.51 bits per heavy atom. The largest absolute Gasteiger partial charge is 0.492 e. The Morgan fingerprint density at radius 2 is 1.11 bits per heavy atom. The zero-order chi connectivity index (χ0) is 27.4. The van der Waals surface area contributed by atoms with Crippen molar-refractivity contribution in [3.63, 3.8) is 0 Å². The third-order valence-corrected chi connectivity index (χ3v) is 6.42. The molecule has 0 saturated heterocycles. The highest BCUT2D eigenvalue weighted by Gasteiger charge is 2.34. The summed E-state index contributed by atoms with van der Waals surface area (Å²) in [7, 11) is 0. The molecule has 8 atom stereocenters. The van der Waals surface area contributed by atoms with Crippen LogP contribution in [0, 0.1) is 0 Å². The van der Waals surface area contributed by atoms with Gasteiger partial charge in [0.1, 0.15) is 49.0 Å². The molecule has 0 aromatic heterocycles. The van der Waals surface area contributed by atoms with E-state index in [9.17, 15) is 40.9 Å². The van der Waals surface area contributed by atoms with Crippen LogP contribution in [0.15, 0.2) is 18.2 Å². The average Bonchev–Trinajstić information content (AvgIpc) is 2.89. The fourth-order valence-electron chi connectivity index (χ4n) is 3.41. The first-order chi connectivity index (χ1) is 17.0. The number of benzene rings is 1. The Morgan fingerprint density at radius 1 is 0.676 bits per heavy atom. The number of rotatable bonds is 18. The minimum atomic E-state index is -1.86. The molecule has 1 rings (SSSR count). The maximum absolute atomic E-state index is 10.4. The van der Waals surface area contributed by atoms with Gasteiger partial charge < -0.3 is 55.8 Å². The normalized spacial score (nSPS) is 18.3. The Hall–Kier alpha value is -0.430. The van der Waals surface area contributed by atoms with Crippen molar-refractivity contribution in [2.75, 3.05) is 39.5 Å². The Kier molecular flexibility index (Phi) is 18.6. The first-order valence-corrected chi connectivity index (χ1v) is 12.6. The zero-order valence-corrected chi connectivity index (χ0v) is 22.7. The molecule has 0 bridgehead atoms. The van der Waals surface area contributed by atoms with Crippen molar-refractivity contribution in [1.29, 1.82) is 0 Å². The van der Waals surface area contributed by atoms with Crippen LogP contribution in [0.4, 0.5) is 0 Å². The Bertz CT molecular complexity index is 727. The van der Waals surface area contributed by atoms with Gasteiger partial charge in [0, 0.05) is 31.1 Å². The molecule has 1 aromatic rings. The molecule has 1 aromatic carbocycles. The monoisotopic (exact) mass is 593 g/mol. The second-order valence-corrected chi connectivity index (χ2v) is 9.08. The second-order valence-electron chi connectivity index (χ2n) is 8.45. The number of nitrogens with zero attached hydrogens (tertiary/aromatic N) is 1. The van der Waals surface area contributed by atoms with Gasteiger partial charge in [0.15, 0.2) is 0 Å². The highest BCUT2D eigenvalue weighted by molar-refractivity contribution is 7.79. The topological polar surface area (TPSA) is 215 Å². The molecule has 37 heavy (non-hydrogen) atoms. The minimum Gasteiger partial charge on any atom is -0.492 e. The molecule has 0 fully saturated rings. The van der Waals surface area contributed by atoms with Gasteiger partial charge in [-0.2, -0.15) is 25.3 Å². The molecular weight excluding hydrogens is 554 g/mol. The molecule has 0 aliphatic rings. The van der Waals surface area contributed by atoms with E-state index in [1.807, 2.05) is 6.07 Å². The number of aliphatic hydroxyl groups excluding tert-OH is 10. The van der Waals surface area contributed by atoms with E-state index >= 15 is 0 Å². The summed E-state index contributed by atoms with van der Waals surface area (Å²) in [5.74, 6) is 1.52. The molecule has 0 radical (unpaired) electrons. The van der Waals surface area contributed by atoms with Gasteiger partial charge in [-0.15, -0.1) is 12.4 Å². The number of hydrogen-bond donors (Lipinski definition) is 12. The second kappa shape index (κ2) is 18.8. The molecule has 10 N–H and O–H groups in total. The van der Waals surface area contributed by atoms with Crippen LogP contribution in [0.1, 0.15) is 11.1 Å². The SMILES string of the molecule is Cl.OC[C@@H](O)[C@@H](O)[C@H](O)[C@@H](O)CN(CCOc1ccc(CS)c(CS)c1)C[C@H](O)[C@@H](O)[C@H](O)[C@H](O)CO. The van der Waals surface area contributed by atoms with Gasteiger partial charge in [0.05, 0.1) is 25.4 Å². The molecule has 0 aliphatic heterocycles. The fraction of sp³-hybridized carbons (Fsp3) is 0.727. The fourth-order valence-corrected chi connectivity index (χ4v) is 4.02. The van der Waals surface area contributed by atoms with Crippen molar-refractivity contribution in [3.8, 4) is 5.75 Å². The zero-order valence-electron chi connectivity index (χ0n) is 20.1. The summed E-state index contributed by atoms with van der Waals surface area (Å²) < 4.78 is 5.74. The molecule has 15 heteroatoms. The van der Waals surface area contributed by atoms with E-state index in [4.69, 9.17) is 14.9 Å². The lowest BCUT2D eigenvalue weighted by molar-refractivity contribution is -0.130. The molecule has 0 aliphatic carbocycles. The van der Waals surface area contributed by atoms with Crippen molar-refractivity contribution >= 4 is 37.7 Å². The predicted octanol–water partition coefficient (Wildman–Crippen LogP) is -3.48. The highest BCUT2D eigenvalue weighted by Crippen LogP contribution is 2.21. The van der Waals surface area contributed by atoms with Crippen LogP contribution in [0.25, 0.3) is 0 Å². The van der Waals surface area contributed by atoms with Gasteiger partial charge in [-0.1, -0.05) is 6.07 Å². The van der Waals surface area contributed by atoms with E-state index in [-0.39, 0.29) is 38.6 Å². The summed E-state index contributed by atoms with van der Waals surface area (Å²) >= 11 is 8.55. The molecule has 12 nitrogen and oxygen atoms in total. The summed E-state index contributed by atoms with van der Waals surface area (Å²) in [6.45, 7) is -2.38. The van der Waals surface area contributed by atoms with Crippen LogP contribution in [0.2, 0.25) is 0 Å². The lowest BCUT2D eigenvalue weighted by Crippen LogP contribution is -2.53. The van der Waals surface area contributed by atoms with Crippen molar-refractivity contribution < 1.29 is 55.8 Å². The summed E-state index contributed by atoms with van der Waals surface area (Å²) in [4.78, 5) is 1.36. The van der Waals surface area contributed by atoms with Crippen molar-refractivity contribution in [1.82, 2.24) is 4.90 Å². The van der Waals surface area contributed by atoms with Crippen LogP contribution in [0.5, 0.6) is 5.75 Å². The van der Waals surface area contributed by atoms with Gasteiger partial charge in [-0.25, -0.2) is 0 Å². The van der Waals surface area contributed by atoms with E-state index in [2.05, 4.69) is 25.3 Å². The first-order valence-electron chi connectivity index (χ1n) is 11.4. The highest BCUT2D eigenvalue weighted by atomic mass is 35.5. The van der Waals surface area contributed by atoms with Gasteiger partial charge in [-0.3, -0.25) is 4.90 Å². The maximum atomic E-state index is 10.4. The van der Waals surface area contributed by atoms with Crippen LogP contribution in [-0.2, 0) is 11.5 Å². The molecule has 0 amide bonds. The van der Waals surface area contributed by atoms with Gasteiger partial charge in [0.25, 0.3) is 0 Å². The standard InChI is InChI=1S/C22H39NO11S2.ClH/c24-8-17(28)21(32)19(30)15(26)6-23(7-16(27)20(31)22(33)18(29)9-25)3-4-34-14-2-1-12(10-35)13(5-14)11-36;/h1-2,5,15-22,24-33,35-36H,3-4,6-11H2;1H/t15-,16-,17+,18+,19+,20+,21+,22+;/m0./s1. The molecule has 0 heterocycles. The van der Waals surface area contributed by atoms with Crippen LogP contribution in [-0.4, -0.2) is 144 Å². The van der Waals surface area contributed by atoms with Crippen LogP contribution in [0.3, 0.4) is 0 Å². The number of hydrogen-bond acceptors (Lipinski definition) is 14. The maximum Gasteiger partial charge on any atom is 0.119 e. The van der Waals surface area contributed by atoms with Gasteiger partial charge >= 0.3 is 0 Å². The summed E-state index contributed by atoms with van der Waals surface area (Å²) in [5.41, 5.74) is 1.91. The number of halogens is 1. The third kappa shape index (κ3) is 11.7.